The zero-order chi connectivity index (χ0) is 32.3. The Kier molecular flexibility index (Phi) is 8.07. The van der Waals surface area contributed by atoms with Gasteiger partial charge >= 0.3 is 5.69 Å². The monoisotopic (exact) mass is 649 g/mol. The fourth-order valence-corrected chi connectivity index (χ4v) is 7.86. The number of thioether (sulfide) groups is 1. The third kappa shape index (κ3) is 5.04. The number of carbonyl (C=O) groups is 1. The maximum Gasteiger partial charge on any atom is 0.355 e. The van der Waals surface area contributed by atoms with Crippen LogP contribution in [-0.2, 0) is 4.79 Å². The summed E-state index contributed by atoms with van der Waals surface area (Å²) in [5.74, 6) is -0.525. The van der Waals surface area contributed by atoms with Gasteiger partial charge < -0.3 is 14.9 Å². The molecule has 0 spiro atoms. The van der Waals surface area contributed by atoms with Crippen molar-refractivity contribution in [1.82, 2.24) is 29.4 Å². The average Bonchev–Trinajstić information content (AvgIpc) is 3.16. The molecule has 3 aromatic heterocycles. The smallest absolute Gasteiger partial charge is 0.355 e. The van der Waals surface area contributed by atoms with Gasteiger partial charge in [0.1, 0.15) is 23.7 Å². The first kappa shape index (κ1) is 31.0. The first-order valence-corrected chi connectivity index (χ1v) is 16.1. The lowest BCUT2D eigenvalue weighted by Gasteiger charge is -2.45. The van der Waals surface area contributed by atoms with Crippen LogP contribution in [0.15, 0.2) is 46.9 Å². The molecule has 13 heteroatoms. The molecule has 2 aliphatic rings. The van der Waals surface area contributed by atoms with E-state index < -0.39 is 11.5 Å². The number of nitrogens with zero attached hydrogens (tertiary/aromatic N) is 7. The van der Waals surface area contributed by atoms with E-state index in [0.29, 0.717) is 52.0 Å². The number of fused-ring (bicyclic) bond motifs is 2. The molecule has 234 valence electrons. The second-order valence-corrected chi connectivity index (χ2v) is 13.4. The summed E-state index contributed by atoms with van der Waals surface area (Å²) in [4.78, 5) is 50.1. The van der Waals surface area contributed by atoms with Crippen LogP contribution in [0.25, 0.3) is 28.0 Å². The number of hydrogen-bond donors (Lipinski definition) is 1. The second-order valence-electron chi connectivity index (χ2n) is 12.0. The summed E-state index contributed by atoms with van der Waals surface area (Å²) < 4.78 is 16.8. The molecule has 1 fully saturated rings. The molecule has 0 aliphatic carbocycles. The summed E-state index contributed by atoms with van der Waals surface area (Å²) in [5.41, 5.74) is 1.15. The van der Waals surface area contributed by atoms with Crippen molar-refractivity contribution in [3.8, 4) is 22.7 Å². The van der Waals surface area contributed by atoms with Crippen LogP contribution >= 0.6 is 23.4 Å². The highest BCUT2D eigenvalue weighted by atomic mass is 35.5. The number of anilines is 1. The van der Waals surface area contributed by atoms with E-state index in [1.807, 2.05) is 34.6 Å². The Morgan fingerprint density at radius 3 is 2.47 bits per heavy atom. The Bertz CT molecular complexity index is 1890. The molecule has 1 saturated heterocycles. The molecule has 0 bridgehead atoms. The quantitative estimate of drug-likeness (QED) is 0.273. The van der Waals surface area contributed by atoms with Crippen LogP contribution < -0.4 is 10.6 Å². The van der Waals surface area contributed by atoms with Gasteiger partial charge in [0.25, 0.3) is 0 Å². The highest BCUT2D eigenvalue weighted by Crippen LogP contribution is 2.48. The summed E-state index contributed by atoms with van der Waals surface area (Å²) in [6.45, 7) is 14.3. The third-order valence-electron chi connectivity index (χ3n) is 8.26. The molecule has 2 atom stereocenters. The van der Waals surface area contributed by atoms with E-state index in [1.54, 1.807) is 4.90 Å². The lowest BCUT2D eigenvalue weighted by molar-refractivity contribution is -0.127. The van der Waals surface area contributed by atoms with Gasteiger partial charge in [0, 0.05) is 29.8 Å². The number of aromatic hydroxyl groups is 1. The molecule has 10 nitrogen and oxygen atoms in total. The number of carbonyl (C=O) groups excluding carboxylic acids is 1. The van der Waals surface area contributed by atoms with Gasteiger partial charge in [-0.05, 0) is 37.0 Å². The number of phenolic OH excluding ortho intramolecular Hbond substituents is 1. The summed E-state index contributed by atoms with van der Waals surface area (Å²) >= 11 is 8.51. The minimum absolute atomic E-state index is 0.00186. The first-order chi connectivity index (χ1) is 21.4. The zero-order valence-electron chi connectivity index (χ0n) is 25.6. The van der Waals surface area contributed by atoms with E-state index >= 15 is 4.39 Å². The third-order valence-corrected chi connectivity index (χ3v) is 9.99. The fourth-order valence-electron chi connectivity index (χ4n) is 6.28. The highest BCUT2D eigenvalue weighted by Gasteiger charge is 2.40. The van der Waals surface area contributed by atoms with Crippen LogP contribution in [0.2, 0.25) is 5.02 Å². The predicted molar refractivity (Wildman–Crippen MR) is 174 cm³/mol. The lowest BCUT2D eigenvalue weighted by Crippen LogP contribution is -2.60. The molecule has 5 heterocycles. The Morgan fingerprint density at radius 1 is 1.16 bits per heavy atom. The number of hydrogen-bond acceptors (Lipinski definition) is 9. The van der Waals surface area contributed by atoms with Crippen molar-refractivity contribution in [2.75, 3.05) is 23.7 Å². The molecule has 0 radical (unpaired) electrons. The highest BCUT2D eigenvalue weighted by molar-refractivity contribution is 7.99. The Hall–Kier alpha value is -4.03. The number of halogens is 2. The van der Waals surface area contributed by atoms with E-state index in [0.717, 1.165) is 0 Å². The van der Waals surface area contributed by atoms with Gasteiger partial charge in [-0.25, -0.2) is 28.7 Å². The van der Waals surface area contributed by atoms with E-state index in [1.165, 1.54) is 46.9 Å². The maximum absolute atomic E-state index is 15.4. The number of rotatable bonds is 5. The van der Waals surface area contributed by atoms with Crippen LogP contribution in [0, 0.1) is 5.82 Å². The van der Waals surface area contributed by atoms with Crippen molar-refractivity contribution >= 4 is 46.1 Å². The minimum Gasteiger partial charge on any atom is -0.507 e. The molecule has 0 saturated carbocycles. The molecule has 1 N–H and O–H groups in total. The fraction of sp³-hybridized carbons (Fsp3) is 0.375. The van der Waals surface area contributed by atoms with Gasteiger partial charge in [-0.2, -0.15) is 4.98 Å². The topological polar surface area (TPSA) is 117 Å². The summed E-state index contributed by atoms with van der Waals surface area (Å²) in [5, 5.41) is 11.5. The lowest BCUT2D eigenvalue weighted by atomic mass is 10.0. The molecule has 1 amide bonds. The molecule has 2 aliphatic heterocycles. The van der Waals surface area contributed by atoms with Gasteiger partial charge in [-0.3, -0.25) is 4.79 Å². The van der Waals surface area contributed by atoms with E-state index in [4.69, 9.17) is 21.6 Å². The van der Waals surface area contributed by atoms with Gasteiger partial charge in [-0.1, -0.05) is 51.9 Å². The van der Waals surface area contributed by atoms with Gasteiger partial charge in [-0.15, -0.1) is 11.8 Å². The standard InChI is InChI=1S/C32H33ClFN7O3S/c1-7-21(43)39-11-17(6)40-18(12-39)13-45-29-23-30(37-27(24(29)33)22-19(34)9-8-10-20(22)42)41(32(44)38-31(23)40)28-25(15(2)3)35-14-36-26(28)16(4)5/h7-10,14-18,42H,1,11-13H2,2-6H3. The average molecular weight is 650 g/mol. The summed E-state index contributed by atoms with van der Waals surface area (Å²) in [6, 6.07) is 3.55. The van der Waals surface area contributed by atoms with Crippen molar-refractivity contribution in [2.24, 2.45) is 0 Å². The zero-order valence-corrected chi connectivity index (χ0v) is 27.2. The molecular weight excluding hydrogens is 617 g/mol. The second kappa shape index (κ2) is 11.7. The summed E-state index contributed by atoms with van der Waals surface area (Å²) in [6.07, 6.45) is 2.79. The number of pyridine rings is 1. The molecule has 6 rings (SSSR count). The van der Waals surface area contributed by atoms with Gasteiger partial charge in [0.05, 0.1) is 44.8 Å². The van der Waals surface area contributed by atoms with Crippen LogP contribution in [0.4, 0.5) is 10.2 Å². The molecule has 2 unspecified atom stereocenters. The van der Waals surface area contributed by atoms with Crippen molar-refractivity contribution in [3.63, 3.8) is 0 Å². The van der Waals surface area contributed by atoms with E-state index in [9.17, 15) is 14.7 Å². The minimum atomic E-state index is -0.712. The van der Waals surface area contributed by atoms with E-state index in [-0.39, 0.29) is 57.5 Å². The van der Waals surface area contributed by atoms with Crippen molar-refractivity contribution < 1.29 is 14.3 Å². The van der Waals surface area contributed by atoms with Crippen LogP contribution in [0.3, 0.4) is 0 Å². The Labute approximate surface area is 269 Å². The van der Waals surface area contributed by atoms with Gasteiger partial charge in [0.2, 0.25) is 5.91 Å². The van der Waals surface area contributed by atoms with Crippen molar-refractivity contribution in [1.29, 1.82) is 0 Å². The van der Waals surface area contributed by atoms with Crippen LogP contribution in [0.1, 0.15) is 57.8 Å². The molecular formula is C32H33ClFN7O3S. The van der Waals surface area contributed by atoms with E-state index in [2.05, 4.69) is 21.4 Å². The van der Waals surface area contributed by atoms with Crippen molar-refractivity contribution in [3.05, 3.63) is 69.9 Å². The number of piperazine rings is 1. The summed E-state index contributed by atoms with van der Waals surface area (Å²) in [7, 11) is 0. The normalized spacial score (nSPS) is 18.0. The SMILES string of the molecule is C=CC(=O)N1CC(C)N2c3nc(=O)n(-c4c(C(C)C)ncnc4C(C)C)c4nc(-c5c(O)cccc5F)c(Cl)c(c34)SCC2C1. The predicted octanol–water partition coefficient (Wildman–Crippen LogP) is 5.68. The van der Waals surface area contributed by atoms with Crippen LogP contribution in [-0.4, -0.2) is 71.3 Å². The Morgan fingerprint density at radius 2 is 1.84 bits per heavy atom. The van der Waals surface area contributed by atoms with Crippen LogP contribution in [0.5, 0.6) is 5.75 Å². The first-order valence-electron chi connectivity index (χ1n) is 14.8. The largest absolute Gasteiger partial charge is 0.507 e. The maximum atomic E-state index is 15.4. The molecule has 45 heavy (non-hydrogen) atoms. The van der Waals surface area contributed by atoms with Gasteiger partial charge in [0.15, 0.2) is 5.65 Å². The number of phenols is 1. The number of aromatic nitrogens is 5. The molecule has 4 aromatic rings. The number of benzene rings is 1. The van der Waals surface area contributed by atoms with Crippen molar-refractivity contribution in [2.45, 2.75) is 63.4 Å². The number of amides is 1. The Balaban J connectivity index is 1.76. The molecule has 1 aromatic carbocycles.